The second-order valence-electron chi connectivity index (χ2n) is 5.20. The Balaban J connectivity index is 1.72. The first-order valence-corrected chi connectivity index (χ1v) is 7.27. The molecule has 4 nitrogen and oxygen atoms in total. The third kappa shape index (κ3) is 2.60. The van der Waals surface area contributed by atoms with Crippen molar-refractivity contribution in [3.05, 3.63) is 11.1 Å². The van der Waals surface area contributed by atoms with Crippen LogP contribution in [0.2, 0.25) is 0 Å². The summed E-state index contributed by atoms with van der Waals surface area (Å²) in [6, 6.07) is 1.85. The predicted molar refractivity (Wildman–Crippen MR) is 68.6 cm³/mol. The topological polar surface area (TPSA) is 43.2 Å². The molecular formula is C12H13F3N4S. The minimum atomic E-state index is -4.14. The van der Waals surface area contributed by atoms with Gasteiger partial charge >= 0.3 is 6.18 Å². The van der Waals surface area contributed by atoms with Crippen LogP contribution in [0.3, 0.4) is 0 Å². The van der Waals surface area contributed by atoms with Gasteiger partial charge in [0.2, 0.25) is 0 Å². The standard InChI is InChI=1S/C12H13F3N4S/c13-12(14,15)7-19-9-1-2-10(19)5-18(4-9)11-17-8(3-16)6-20-11/h6,9-10H,1-2,4-5,7H2. The number of halogens is 3. The van der Waals surface area contributed by atoms with E-state index in [9.17, 15) is 13.2 Å². The van der Waals surface area contributed by atoms with Crippen molar-refractivity contribution >= 4 is 16.5 Å². The molecule has 0 aliphatic carbocycles. The van der Waals surface area contributed by atoms with E-state index in [0.717, 1.165) is 18.0 Å². The van der Waals surface area contributed by atoms with Crippen LogP contribution in [0.5, 0.6) is 0 Å². The highest BCUT2D eigenvalue weighted by atomic mass is 32.1. The van der Waals surface area contributed by atoms with E-state index < -0.39 is 12.7 Å². The van der Waals surface area contributed by atoms with Crippen LogP contribution in [0.15, 0.2) is 5.38 Å². The molecule has 0 saturated carbocycles. The molecule has 2 aliphatic heterocycles. The van der Waals surface area contributed by atoms with Crippen molar-refractivity contribution in [2.45, 2.75) is 31.1 Å². The van der Waals surface area contributed by atoms with E-state index in [-0.39, 0.29) is 12.1 Å². The first-order valence-electron chi connectivity index (χ1n) is 6.39. The second kappa shape index (κ2) is 4.90. The molecular weight excluding hydrogens is 289 g/mol. The van der Waals surface area contributed by atoms with E-state index >= 15 is 0 Å². The Morgan fingerprint density at radius 3 is 2.50 bits per heavy atom. The van der Waals surface area contributed by atoms with Crippen molar-refractivity contribution in [3.8, 4) is 6.07 Å². The fraction of sp³-hybridized carbons (Fsp3) is 0.667. The van der Waals surface area contributed by atoms with E-state index in [2.05, 4.69) is 4.98 Å². The van der Waals surface area contributed by atoms with Gasteiger partial charge in [-0.2, -0.15) is 18.4 Å². The Morgan fingerprint density at radius 1 is 1.35 bits per heavy atom. The predicted octanol–water partition coefficient (Wildman–Crippen LogP) is 2.23. The number of alkyl halides is 3. The number of nitriles is 1. The van der Waals surface area contributed by atoms with Gasteiger partial charge in [-0.3, -0.25) is 4.90 Å². The zero-order chi connectivity index (χ0) is 14.3. The number of hydrogen-bond donors (Lipinski definition) is 0. The van der Waals surface area contributed by atoms with Gasteiger partial charge in [-0.25, -0.2) is 4.98 Å². The number of piperazine rings is 1. The minimum absolute atomic E-state index is 0.0650. The van der Waals surface area contributed by atoms with Crippen molar-refractivity contribution < 1.29 is 13.2 Å². The lowest BCUT2D eigenvalue weighted by atomic mass is 10.2. The monoisotopic (exact) mass is 302 g/mol. The Kier molecular flexibility index (Phi) is 3.34. The molecule has 108 valence electrons. The van der Waals surface area contributed by atoms with Gasteiger partial charge in [0.05, 0.1) is 6.54 Å². The quantitative estimate of drug-likeness (QED) is 0.840. The summed E-state index contributed by atoms with van der Waals surface area (Å²) in [6.07, 6.45) is -2.54. The van der Waals surface area contributed by atoms with Crippen LogP contribution in [-0.2, 0) is 0 Å². The molecule has 2 atom stereocenters. The zero-order valence-corrected chi connectivity index (χ0v) is 11.4. The lowest BCUT2D eigenvalue weighted by Gasteiger charge is -2.41. The van der Waals surface area contributed by atoms with E-state index in [1.165, 1.54) is 11.3 Å². The molecule has 2 bridgehead atoms. The number of aromatic nitrogens is 1. The van der Waals surface area contributed by atoms with E-state index in [0.29, 0.717) is 18.8 Å². The van der Waals surface area contributed by atoms with Crippen molar-refractivity contribution in [2.75, 3.05) is 24.5 Å². The average molecular weight is 302 g/mol. The largest absolute Gasteiger partial charge is 0.401 e. The molecule has 0 aromatic carbocycles. The molecule has 3 heterocycles. The molecule has 1 aromatic rings. The van der Waals surface area contributed by atoms with Gasteiger partial charge in [-0.1, -0.05) is 0 Å². The van der Waals surface area contributed by atoms with Crippen LogP contribution in [0.25, 0.3) is 0 Å². The molecule has 0 N–H and O–H groups in total. The maximum absolute atomic E-state index is 12.6. The lowest BCUT2D eigenvalue weighted by molar-refractivity contribution is -0.153. The van der Waals surface area contributed by atoms with Gasteiger partial charge in [0.25, 0.3) is 0 Å². The van der Waals surface area contributed by atoms with Gasteiger partial charge in [0.1, 0.15) is 6.07 Å². The molecule has 0 radical (unpaired) electrons. The van der Waals surface area contributed by atoms with Gasteiger partial charge in [-0.05, 0) is 12.8 Å². The van der Waals surface area contributed by atoms with Gasteiger partial charge in [0.15, 0.2) is 10.8 Å². The van der Waals surface area contributed by atoms with Crippen molar-refractivity contribution in [3.63, 3.8) is 0 Å². The molecule has 8 heteroatoms. The van der Waals surface area contributed by atoms with Crippen molar-refractivity contribution in [1.82, 2.24) is 9.88 Å². The van der Waals surface area contributed by atoms with Crippen LogP contribution in [0.4, 0.5) is 18.3 Å². The maximum Gasteiger partial charge on any atom is 0.401 e. The van der Waals surface area contributed by atoms with Crippen LogP contribution in [0, 0.1) is 11.3 Å². The molecule has 0 amide bonds. The van der Waals surface area contributed by atoms with Crippen LogP contribution >= 0.6 is 11.3 Å². The van der Waals surface area contributed by atoms with E-state index in [4.69, 9.17) is 5.26 Å². The molecule has 1 aromatic heterocycles. The molecule has 2 saturated heterocycles. The summed E-state index contributed by atoms with van der Waals surface area (Å²) >= 11 is 1.38. The zero-order valence-electron chi connectivity index (χ0n) is 10.6. The normalized spacial score (nSPS) is 26.8. The van der Waals surface area contributed by atoms with E-state index in [1.54, 1.807) is 10.3 Å². The number of nitrogens with zero attached hydrogens (tertiary/aromatic N) is 4. The van der Waals surface area contributed by atoms with Crippen LogP contribution in [-0.4, -0.2) is 47.8 Å². The maximum atomic E-state index is 12.6. The summed E-state index contributed by atoms with van der Waals surface area (Å²) < 4.78 is 37.7. The number of anilines is 1. The fourth-order valence-electron chi connectivity index (χ4n) is 3.07. The minimum Gasteiger partial charge on any atom is -0.345 e. The van der Waals surface area contributed by atoms with Gasteiger partial charge in [0, 0.05) is 30.6 Å². The number of rotatable bonds is 2. The molecule has 2 fully saturated rings. The fourth-order valence-corrected chi connectivity index (χ4v) is 3.84. The SMILES string of the molecule is N#Cc1csc(N2CC3CCC(C2)N3CC(F)(F)F)n1. The summed E-state index contributed by atoms with van der Waals surface area (Å²) in [5, 5.41) is 11.2. The molecule has 20 heavy (non-hydrogen) atoms. The highest BCUT2D eigenvalue weighted by Crippen LogP contribution is 2.35. The highest BCUT2D eigenvalue weighted by Gasteiger charge is 2.45. The summed E-state index contributed by atoms with van der Waals surface area (Å²) in [6.45, 7) is 0.299. The van der Waals surface area contributed by atoms with E-state index in [1.807, 2.05) is 11.0 Å². The van der Waals surface area contributed by atoms with Gasteiger partial charge < -0.3 is 4.90 Å². The highest BCUT2D eigenvalue weighted by molar-refractivity contribution is 7.13. The van der Waals surface area contributed by atoms with Gasteiger partial charge in [-0.15, -0.1) is 11.3 Å². The Labute approximate surface area is 118 Å². The summed E-state index contributed by atoms with van der Waals surface area (Å²) in [7, 11) is 0. The first-order chi connectivity index (χ1) is 9.46. The average Bonchev–Trinajstić information content (AvgIpc) is 2.91. The smallest absolute Gasteiger partial charge is 0.345 e. The second-order valence-corrected chi connectivity index (χ2v) is 6.04. The molecule has 3 rings (SSSR count). The van der Waals surface area contributed by atoms with Crippen molar-refractivity contribution in [1.29, 1.82) is 5.26 Å². The summed E-state index contributed by atoms with van der Waals surface area (Å²) in [5.74, 6) is 0. The number of hydrogen-bond acceptors (Lipinski definition) is 5. The summed E-state index contributed by atoms with van der Waals surface area (Å²) in [4.78, 5) is 7.78. The first kappa shape index (κ1) is 13.6. The lowest BCUT2D eigenvalue weighted by Crippen LogP contribution is -2.56. The third-order valence-corrected chi connectivity index (χ3v) is 4.77. The molecule has 0 spiro atoms. The Hall–Kier alpha value is -1.33. The molecule has 2 aliphatic rings. The van der Waals surface area contributed by atoms with Crippen molar-refractivity contribution in [2.24, 2.45) is 0 Å². The Morgan fingerprint density at radius 2 is 2.00 bits per heavy atom. The number of thiazole rings is 1. The van der Waals surface area contributed by atoms with Crippen LogP contribution < -0.4 is 4.90 Å². The van der Waals surface area contributed by atoms with Crippen LogP contribution in [0.1, 0.15) is 18.5 Å². The third-order valence-electron chi connectivity index (χ3n) is 3.87. The number of fused-ring (bicyclic) bond motifs is 2. The summed E-state index contributed by atoms with van der Waals surface area (Å²) in [5.41, 5.74) is 0.370. The molecule has 2 unspecified atom stereocenters. The Bertz CT molecular complexity index is 522.